The predicted molar refractivity (Wildman–Crippen MR) is 118 cm³/mol. The molecule has 0 radical (unpaired) electrons. The molecule has 0 amide bonds. The molecule has 0 unspecified atom stereocenters. The van der Waals surface area contributed by atoms with Gasteiger partial charge in [-0.05, 0) is 86.2 Å². The van der Waals surface area contributed by atoms with Gasteiger partial charge in [-0.3, -0.25) is 4.79 Å². The van der Waals surface area contributed by atoms with Gasteiger partial charge in [-0.2, -0.15) is 0 Å². The number of aliphatic hydroxyl groups excluding tert-OH is 1. The Morgan fingerprint density at radius 3 is 2.59 bits per heavy atom. The molecular formula is C26H36O6. The number of carbonyl (C=O) groups is 1. The number of methoxy groups -OCH3 is 1. The molecule has 4 fully saturated rings. The Bertz CT molecular complexity index is 935. The van der Waals surface area contributed by atoms with Crippen molar-refractivity contribution in [2.24, 2.45) is 34.5 Å². The zero-order chi connectivity index (χ0) is 22.9. The summed E-state index contributed by atoms with van der Waals surface area (Å²) >= 11 is 0. The molecule has 2 N–H and O–H groups in total. The van der Waals surface area contributed by atoms with E-state index in [-0.39, 0.29) is 29.3 Å². The van der Waals surface area contributed by atoms with Crippen molar-refractivity contribution in [3.8, 4) is 0 Å². The van der Waals surface area contributed by atoms with E-state index in [2.05, 4.69) is 13.8 Å². The van der Waals surface area contributed by atoms with Gasteiger partial charge in [0.15, 0.2) is 0 Å². The Morgan fingerprint density at radius 2 is 1.91 bits per heavy atom. The van der Waals surface area contributed by atoms with Crippen molar-refractivity contribution in [3.63, 3.8) is 0 Å². The number of fused-ring (bicyclic) bond motifs is 5. The molecule has 4 aliphatic rings. The second kappa shape index (κ2) is 7.42. The van der Waals surface area contributed by atoms with Crippen molar-refractivity contribution in [1.82, 2.24) is 0 Å². The first-order chi connectivity index (χ1) is 15.1. The second-order valence-corrected chi connectivity index (χ2v) is 11.5. The van der Waals surface area contributed by atoms with Crippen LogP contribution in [0.5, 0.6) is 0 Å². The van der Waals surface area contributed by atoms with Gasteiger partial charge in [0.25, 0.3) is 0 Å². The largest absolute Gasteiger partial charge is 0.469 e. The Morgan fingerprint density at radius 1 is 1.12 bits per heavy atom. The maximum atomic E-state index is 12.9. The summed E-state index contributed by atoms with van der Waals surface area (Å²) < 4.78 is 10.4. The highest BCUT2D eigenvalue weighted by Crippen LogP contribution is 2.71. The van der Waals surface area contributed by atoms with E-state index < -0.39 is 22.6 Å². The monoisotopic (exact) mass is 444 g/mol. The van der Waals surface area contributed by atoms with E-state index in [0.29, 0.717) is 18.3 Å². The number of carbonyl (C=O) groups excluding carboxylic acids is 1. The van der Waals surface area contributed by atoms with E-state index in [9.17, 15) is 19.8 Å². The lowest BCUT2D eigenvalue weighted by Crippen LogP contribution is -2.62. The van der Waals surface area contributed by atoms with Crippen molar-refractivity contribution in [1.29, 1.82) is 0 Å². The number of ether oxygens (including phenoxy) is 1. The molecular weight excluding hydrogens is 408 g/mol. The Balaban J connectivity index is 1.56. The maximum Gasteiger partial charge on any atom is 0.335 e. The van der Waals surface area contributed by atoms with Crippen LogP contribution in [0.1, 0.15) is 76.7 Å². The van der Waals surface area contributed by atoms with Gasteiger partial charge in [-0.1, -0.05) is 13.8 Å². The van der Waals surface area contributed by atoms with E-state index in [1.54, 1.807) is 6.07 Å². The van der Waals surface area contributed by atoms with Crippen LogP contribution in [0.25, 0.3) is 0 Å². The lowest BCUT2D eigenvalue weighted by Gasteiger charge is -2.63. The molecule has 0 spiro atoms. The van der Waals surface area contributed by atoms with Gasteiger partial charge < -0.3 is 19.4 Å². The molecule has 176 valence electrons. The highest BCUT2D eigenvalue weighted by atomic mass is 16.5. The minimum absolute atomic E-state index is 0.116. The molecule has 0 bridgehead atoms. The fraction of sp³-hybridized carbons (Fsp3) is 0.769. The normalized spacial score (nSPS) is 47.8. The topological polar surface area (TPSA) is 97.0 Å². The molecule has 1 aromatic rings. The Labute approximate surface area is 189 Å². The molecule has 1 aromatic heterocycles. The van der Waals surface area contributed by atoms with Gasteiger partial charge in [0.1, 0.15) is 0 Å². The van der Waals surface area contributed by atoms with Crippen LogP contribution in [0, 0.1) is 34.5 Å². The van der Waals surface area contributed by atoms with Crippen molar-refractivity contribution >= 4 is 5.97 Å². The van der Waals surface area contributed by atoms with Crippen LogP contribution in [0.3, 0.4) is 0 Å². The number of esters is 1. The summed E-state index contributed by atoms with van der Waals surface area (Å²) in [5.74, 6) is -0.0349. The minimum atomic E-state index is -0.986. The van der Waals surface area contributed by atoms with Crippen LogP contribution in [0.2, 0.25) is 0 Å². The Kier molecular flexibility index (Phi) is 5.14. The van der Waals surface area contributed by atoms with Crippen LogP contribution < -0.4 is 5.63 Å². The van der Waals surface area contributed by atoms with Crippen molar-refractivity contribution < 1.29 is 24.2 Å². The predicted octanol–water partition coefficient (Wildman–Crippen LogP) is 3.64. The number of hydrogen-bond acceptors (Lipinski definition) is 6. The number of hydrogen-bond donors (Lipinski definition) is 2. The summed E-state index contributed by atoms with van der Waals surface area (Å²) in [5, 5.41) is 22.7. The van der Waals surface area contributed by atoms with Crippen molar-refractivity contribution in [3.05, 3.63) is 34.4 Å². The maximum absolute atomic E-state index is 12.9. The van der Waals surface area contributed by atoms with Gasteiger partial charge in [-0.25, -0.2) is 4.79 Å². The lowest BCUT2D eigenvalue weighted by atomic mass is 9.43. The molecule has 4 aliphatic carbocycles. The van der Waals surface area contributed by atoms with Gasteiger partial charge in [0, 0.05) is 17.4 Å². The molecule has 1 heterocycles. The lowest BCUT2D eigenvalue weighted by molar-refractivity contribution is -0.205. The zero-order valence-corrected chi connectivity index (χ0v) is 19.4. The SMILES string of the molecule is COC(=O)[C@H]1C[C@@]2(O)[C@@H]3CC[C@H]4C[C@H](O)CC[C@]4(C)[C@H]3CC[C@]2(C)[C@H]1c1ccc(=O)oc1. The van der Waals surface area contributed by atoms with Crippen LogP contribution in [-0.4, -0.2) is 35.0 Å². The van der Waals surface area contributed by atoms with Gasteiger partial charge in [0.05, 0.1) is 31.0 Å². The molecule has 0 aromatic carbocycles. The van der Waals surface area contributed by atoms with Gasteiger partial charge >= 0.3 is 11.6 Å². The number of rotatable bonds is 2. The molecule has 5 rings (SSSR count). The molecule has 6 heteroatoms. The summed E-state index contributed by atoms with van der Waals surface area (Å²) in [6, 6.07) is 3.14. The number of aliphatic hydroxyl groups is 2. The van der Waals surface area contributed by atoms with E-state index in [4.69, 9.17) is 9.15 Å². The first-order valence-electron chi connectivity index (χ1n) is 12.2. The van der Waals surface area contributed by atoms with Crippen molar-refractivity contribution in [2.45, 2.75) is 82.8 Å². The van der Waals surface area contributed by atoms with Crippen LogP contribution in [0.15, 0.2) is 27.6 Å². The van der Waals surface area contributed by atoms with Crippen LogP contribution in [0.4, 0.5) is 0 Å². The third kappa shape index (κ3) is 2.91. The zero-order valence-electron chi connectivity index (χ0n) is 19.4. The minimum Gasteiger partial charge on any atom is -0.469 e. The molecule has 4 saturated carbocycles. The Hall–Kier alpha value is -1.66. The molecule has 32 heavy (non-hydrogen) atoms. The average Bonchev–Trinajstić information content (AvgIpc) is 3.02. The van der Waals surface area contributed by atoms with Gasteiger partial charge in [-0.15, -0.1) is 0 Å². The fourth-order valence-electron chi connectivity index (χ4n) is 8.80. The third-order valence-corrected chi connectivity index (χ3v) is 10.4. The standard InChI is InChI=1S/C26H36O6/c1-24-10-8-17(27)12-16(24)5-6-20-19(24)9-11-25(2)22(15-4-7-21(28)32-14-15)18(23(29)31-3)13-26(20,25)30/h4,7,14,16-20,22,27,30H,5-6,8-13H2,1-3H3/t16-,17+,18-,19-,20+,22-,24-,25+,26+/m0/s1. The van der Waals surface area contributed by atoms with E-state index in [0.717, 1.165) is 50.5 Å². The average molecular weight is 445 g/mol. The summed E-state index contributed by atoms with van der Waals surface area (Å²) in [7, 11) is 1.40. The molecule has 0 aliphatic heterocycles. The summed E-state index contributed by atoms with van der Waals surface area (Å²) in [5.41, 5.74) is -1.00. The quantitative estimate of drug-likeness (QED) is 0.676. The fourth-order valence-corrected chi connectivity index (χ4v) is 8.80. The smallest absolute Gasteiger partial charge is 0.335 e. The van der Waals surface area contributed by atoms with Crippen molar-refractivity contribution in [2.75, 3.05) is 7.11 Å². The second-order valence-electron chi connectivity index (χ2n) is 11.5. The summed E-state index contributed by atoms with van der Waals surface area (Å²) in [6.07, 6.45) is 8.11. The first kappa shape index (κ1) is 22.1. The van der Waals surface area contributed by atoms with Crippen LogP contribution >= 0.6 is 0 Å². The summed E-state index contributed by atoms with van der Waals surface area (Å²) in [4.78, 5) is 24.5. The molecule has 6 nitrogen and oxygen atoms in total. The highest BCUT2D eigenvalue weighted by molar-refractivity contribution is 5.75. The molecule has 0 saturated heterocycles. The van der Waals surface area contributed by atoms with Gasteiger partial charge in [0.2, 0.25) is 0 Å². The van der Waals surface area contributed by atoms with E-state index in [1.807, 2.05) is 0 Å². The highest BCUT2D eigenvalue weighted by Gasteiger charge is 2.70. The van der Waals surface area contributed by atoms with E-state index in [1.165, 1.54) is 19.4 Å². The third-order valence-electron chi connectivity index (χ3n) is 10.4. The molecule has 9 atom stereocenters. The summed E-state index contributed by atoms with van der Waals surface area (Å²) in [6.45, 7) is 4.50. The van der Waals surface area contributed by atoms with Crippen LogP contribution in [-0.2, 0) is 9.53 Å². The van der Waals surface area contributed by atoms with E-state index >= 15 is 0 Å². The first-order valence-corrected chi connectivity index (χ1v) is 12.2.